The summed E-state index contributed by atoms with van der Waals surface area (Å²) in [5.74, 6) is -0.585. The van der Waals surface area contributed by atoms with Gasteiger partial charge in [-0.25, -0.2) is 4.39 Å². The highest BCUT2D eigenvalue weighted by Crippen LogP contribution is 2.34. The van der Waals surface area contributed by atoms with Crippen LogP contribution in [0, 0.1) is 25.6 Å². The number of carbonyl (C=O) groups excluding carboxylic acids is 1. The van der Waals surface area contributed by atoms with E-state index in [1.54, 1.807) is 32.0 Å². The number of alkyl halides is 3. The summed E-state index contributed by atoms with van der Waals surface area (Å²) in [5, 5.41) is 2.82. The van der Waals surface area contributed by atoms with Crippen molar-refractivity contribution in [1.82, 2.24) is 10.3 Å². The van der Waals surface area contributed by atoms with Crippen molar-refractivity contribution in [3.8, 4) is 11.1 Å². The van der Waals surface area contributed by atoms with E-state index < -0.39 is 24.6 Å². The fourth-order valence-electron chi connectivity index (χ4n) is 3.99. The van der Waals surface area contributed by atoms with E-state index in [9.17, 15) is 18.0 Å². The number of amides is 1. The molecule has 0 radical (unpaired) electrons. The highest BCUT2D eigenvalue weighted by molar-refractivity contribution is 5.77. The number of benzene rings is 1. The number of nitrogens with zero attached hydrogens (tertiary/aromatic N) is 2. The van der Waals surface area contributed by atoms with Crippen LogP contribution in [0.4, 0.5) is 23.2 Å². The molecule has 3 rings (SSSR count). The first-order valence-corrected chi connectivity index (χ1v) is 10.9. The van der Waals surface area contributed by atoms with Gasteiger partial charge >= 0.3 is 6.18 Å². The van der Waals surface area contributed by atoms with Crippen molar-refractivity contribution in [3.05, 3.63) is 47.0 Å². The maximum Gasteiger partial charge on any atom is 0.416 e. The summed E-state index contributed by atoms with van der Waals surface area (Å²) >= 11 is 0. The van der Waals surface area contributed by atoms with Crippen LogP contribution < -0.4 is 10.2 Å². The second-order valence-corrected chi connectivity index (χ2v) is 8.82. The van der Waals surface area contributed by atoms with Gasteiger partial charge in [-0.1, -0.05) is 13.8 Å². The van der Waals surface area contributed by atoms with Crippen LogP contribution in [0.2, 0.25) is 0 Å². The number of nitrogens with one attached hydrogen (secondary N) is 1. The van der Waals surface area contributed by atoms with Crippen molar-refractivity contribution in [2.75, 3.05) is 24.6 Å². The molecule has 1 aliphatic heterocycles. The number of pyridine rings is 1. The van der Waals surface area contributed by atoms with Crippen molar-refractivity contribution in [2.24, 2.45) is 5.92 Å². The molecular formula is C24H29F4N3O2. The summed E-state index contributed by atoms with van der Waals surface area (Å²) in [7, 11) is 0. The third kappa shape index (κ3) is 6.43. The summed E-state index contributed by atoms with van der Waals surface area (Å²) in [6.45, 7) is 7.17. The first-order valence-electron chi connectivity index (χ1n) is 10.9. The zero-order chi connectivity index (χ0) is 24.3. The van der Waals surface area contributed by atoms with Gasteiger partial charge in [0, 0.05) is 42.1 Å². The number of carbonyl (C=O) groups is 1. The molecule has 1 atom stereocenters. The maximum atomic E-state index is 15.5. The Kier molecular flexibility index (Phi) is 7.62. The quantitative estimate of drug-likeness (QED) is 0.612. The van der Waals surface area contributed by atoms with Crippen LogP contribution in [0.1, 0.15) is 37.2 Å². The van der Waals surface area contributed by atoms with E-state index >= 15 is 4.39 Å². The molecule has 0 unspecified atom stereocenters. The third-order valence-electron chi connectivity index (χ3n) is 5.39. The summed E-state index contributed by atoms with van der Waals surface area (Å²) in [6, 6.07) is 6.40. The predicted molar refractivity (Wildman–Crippen MR) is 118 cm³/mol. The molecule has 1 saturated heterocycles. The fourth-order valence-corrected chi connectivity index (χ4v) is 3.99. The fraction of sp³-hybridized carbons (Fsp3) is 0.500. The van der Waals surface area contributed by atoms with Crippen LogP contribution in [0.15, 0.2) is 24.3 Å². The van der Waals surface area contributed by atoms with Gasteiger partial charge in [0.1, 0.15) is 5.82 Å². The molecular weight excluding hydrogens is 438 g/mol. The Hall–Kier alpha value is -2.68. The summed E-state index contributed by atoms with van der Waals surface area (Å²) in [6.07, 6.45) is -6.12. The number of hydrogen-bond acceptors (Lipinski definition) is 4. The molecule has 1 aromatic carbocycles. The third-order valence-corrected chi connectivity index (χ3v) is 5.39. The Bertz CT molecular complexity index is 988. The van der Waals surface area contributed by atoms with Crippen molar-refractivity contribution < 1.29 is 27.1 Å². The molecule has 180 valence electrons. The van der Waals surface area contributed by atoms with Gasteiger partial charge in [-0.2, -0.15) is 13.2 Å². The van der Waals surface area contributed by atoms with Gasteiger partial charge in [-0.05, 0) is 55.2 Å². The molecule has 2 aromatic rings. The van der Waals surface area contributed by atoms with Crippen LogP contribution in [0.3, 0.4) is 0 Å². The predicted octanol–water partition coefficient (Wildman–Crippen LogP) is 4.93. The lowest BCUT2D eigenvalue weighted by molar-refractivity contribution is -0.221. The molecule has 0 aliphatic carbocycles. The van der Waals surface area contributed by atoms with E-state index in [0.717, 1.165) is 0 Å². The minimum Gasteiger partial charge on any atom is -0.366 e. The average Bonchev–Trinajstić information content (AvgIpc) is 2.70. The van der Waals surface area contributed by atoms with Crippen LogP contribution in [0.25, 0.3) is 11.1 Å². The highest BCUT2D eigenvalue weighted by Gasteiger charge is 2.43. The van der Waals surface area contributed by atoms with Gasteiger partial charge in [0.2, 0.25) is 5.91 Å². The molecule has 0 spiro atoms. The normalized spacial score (nSPS) is 16.9. The number of hydrogen-bond donors (Lipinski definition) is 1. The molecule has 2 heterocycles. The second kappa shape index (κ2) is 10.1. The lowest BCUT2D eigenvalue weighted by Gasteiger charge is -2.35. The van der Waals surface area contributed by atoms with Crippen molar-refractivity contribution in [3.63, 3.8) is 0 Å². The molecule has 9 heteroatoms. The van der Waals surface area contributed by atoms with Crippen LogP contribution >= 0.6 is 0 Å². The Labute approximate surface area is 191 Å². The molecule has 0 bridgehead atoms. The minimum atomic E-state index is -4.50. The number of aryl methyl sites for hydroxylation is 2. The van der Waals surface area contributed by atoms with Gasteiger partial charge in [-0.15, -0.1) is 0 Å². The lowest BCUT2D eigenvalue weighted by Crippen LogP contribution is -2.49. The number of rotatable bonds is 6. The Morgan fingerprint density at radius 3 is 2.48 bits per heavy atom. The van der Waals surface area contributed by atoms with Gasteiger partial charge in [0.15, 0.2) is 6.10 Å². The van der Waals surface area contributed by atoms with Gasteiger partial charge in [-0.3, -0.25) is 9.78 Å². The van der Waals surface area contributed by atoms with Gasteiger partial charge < -0.3 is 15.0 Å². The van der Waals surface area contributed by atoms with E-state index in [1.165, 1.54) is 11.0 Å². The number of anilines is 1. The molecule has 1 fully saturated rings. The first kappa shape index (κ1) is 25.0. The standard InChI is InChI=1S/C24H29F4N3O2/c1-14(2)7-22(32)29-12-18-10-19(31-5-6-33-21(13-31)24(26,27)28)11-20(25)23(18)17-8-15(3)30-16(4)9-17/h8-11,14,21H,5-7,12-13H2,1-4H3,(H,29,32)/t21-/m1/s1. The zero-order valence-corrected chi connectivity index (χ0v) is 19.2. The van der Waals surface area contributed by atoms with Crippen LogP contribution in [-0.4, -0.2) is 42.9 Å². The summed E-state index contributed by atoms with van der Waals surface area (Å²) in [5.41, 5.74) is 3.14. The molecule has 1 N–H and O–H groups in total. The molecule has 5 nitrogen and oxygen atoms in total. The van der Waals surface area contributed by atoms with E-state index in [-0.39, 0.29) is 31.5 Å². The lowest BCUT2D eigenvalue weighted by atomic mass is 9.97. The van der Waals surface area contributed by atoms with Crippen LogP contribution in [0.5, 0.6) is 0 Å². The van der Waals surface area contributed by atoms with E-state index in [2.05, 4.69) is 10.3 Å². The molecule has 1 amide bonds. The zero-order valence-electron chi connectivity index (χ0n) is 19.2. The molecule has 1 aromatic heterocycles. The number of aromatic nitrogens is 1. The van der Waals surface area contributed by atoms with Crippen molar-refractivity contribution >= 4 is 11.6 Å². The largest absolute Gasteiger partial charge is 0.416 e. The number of ether oxygens (including phenoxy) is 1. The number of morpholine rings is 1. The van der Waals surface area contributed by atoms with Crippen LogP contribution in [-0.2, 0) is 16.1 Å². The van der Waals surface area contributed by atoms with Gasteiger partial charge in [0.05, 0.1) is 13.2 Å². The van der Waals surface area contributed by atoms with Gasteiger partial charge in [0.25, 0.3) is 0 Å². The minimum absolute atomic E-state index is 0.0547. The first-order chi connectivity index (χ1) is 15.4. The SMILES string of the molecule is Cc1cc(-c2c(F)cc(N3CCO[C@@H](C(F)(F)F)C3)cc2CNC(=O)CC(C)C)cc(C)n1. The Morgan fingerprint density at radius 2 is 1.88 bits per heavy atom. The average molecular weight is 468 g/mol. The highest BCUT2D eigenvalue weighted by atomic mass is 19.4. The van der Waals surface area contributed by atoms with E-state index in [1.807, 2.05) is 13.8 Å². The van der Waals surface area contributed by atoms with E-state index in [4.69, 9.17) is 4.74 Å². The topological polar surface area (TPSA) is 54.5 Å². The molecule has 33 heavy (non-hydrogen) atoms. The van der Waals surface area contributed by atoms with Crippen molar-refractivity contribution in [1.29, 1.82) is 0 Å². The summed E-state index contributed by atoms with van der Waals surface area (Å²) in [4.78, 5) is 18.0. The second-order valence-electron chi connectivity index (χ2n) is 8.82. The van der Waals surface area contributed by atoms with E-state index in [0.29, 0.717) is 40.2 Å². The molecule has 1 aliphatic rings. The monoisotopic (exact) mass is 467 g/mol. The smallest absolute Gasteiger partial charge is 0.366 e. The summed E-state index contributed by atoms with van der Waals surface area (Å²) < 4.78 is 59.9. The number of halogens is 4. The maximum absolute atomic E-state index is 15.5. The Morgan fingerprint density at radius 1 is 1.21 bits per heavy atom. The molecule has 0 saturated carbocycles. The Balaban J connectivity index is 2.00. The van der Waals surface area contributed by atoms with Crippen molar-refractivity contribution in [2.45, 2.75) is 52.9 Å².